The molecule has 0 aliphatic heterocycles. The van der Waals surface area contributed by atoms with Gasteiger partial charge in [0.1, 0.15) is 0 Å². The smallest absolute Gasteiger partial charge is 0.313 e. The first-order valence-electron chi connectivity index (χ1n) is 5.27. The highest BCUT2D eigenvalue weighted by Gasteiger charge is 2.20. The van der Waals surface area contributed by atoms with Crippen molar-refractivity contribution in [2.24, 2.45) is 0 Å². The van der Waals surface area contributed by atoms with E-state index in [1.165, 1.54) is 11.8 Å². The number of imidazole rings is 1. The third kappa shape index (κ3) is 4.05. The molecule has 0 saturated heterocycles. The van der Waals surface area contributed by atoms with Gasteiger partial charge < -0.3 is 14.4 Å². The van der Waals surface area contributed by atoms with Gasteiger partial charge in [-0.25, -0.2) is 4.98 Å². The lowest BCUT2D eigenvalue weighted by molar-refractivity contribution is -0.133. The number of hydrogen-bond donors (Lipinski definition) is 1. The number of carbonyl (C=O) groups is 1. The maximum absolute atomic E-state index is 10.5. The number of rotatable bonds is 6. The lowest BCUT2D eigenvalue weighted by Gasteiger charge is -2.25. The summed E-state index contributed by atoms with van der Waals surface area (Å²) in [5, 5.41) is 9.39. The lowest BCUT2D eigenvalue weighted by atomic mass is 10.1. The zero-order valence-electron chi connectivity index (χ0n) is 10.6. The van der Waals surface area contributed by atoms with E-state index in [0.29, 0.717) is 6.54 Å². The van der Waals surface area contributed by atoms with Crippen molar-refractivity contribution >= 4 is 17.7 Å². The molecule has 0 atom stereocenters. The number of nitrogens with zero attached hydrogens (tertiary/aromatic N) is 2. The molecule has 1 rings (SSSR count). The van der Waals surface area contributed by atoms with Crippen LogP contribution in [0.2, 0.25) is 0 Å². The monoisotopic (exact) mass is 258 g/mol. The van der Waals surface area contributed by atoms with Crippen molar-refractivity contribution < 1.29 is 14.6 Å². The number of thioether (sulfide) groups is 1. The summed E-state index contributed by atoms with van der Waals surface area (Å²) in [6, 6.07) is 0. The summed E-state index contributed by atoms with van der Waals surface area (Å²) in [5.74, 6) is -0.822. The van der Waals surface area contributed by atoms with Gasteiger partial charge in [0.2, 0.25) is 0 Å². The molecule has 5 nitrogen and oxygen atoms in total. The topological polar surface area (TPSA) is 64.4 Å². The molecule has 96 valence electrons. The molecule has 0 radical (unpaired) electrons. The Morgan fingerprint density at radius 3 is 2.82 bits per heavy atom. The highest BCUT2D eigenvalue weighted by atomic mass is 32.2. The van der Waals surface area contributed by atoms with Crippen LogP contribution in [-0.4, -0.2) is 39.1 Å². The van der Waals surface area contributed by atoms with Gasteiger partial charge in [0, 0.05) is 19.0 Å². The second-order valence-electron chi connectivity index (χ2n) is 4.41. The van der Waals surface area contributed by atoms with Crippen LogP contribution in [0.15, 0.2) is 11.4 Å². The van der Waals surface area contributed by atoms with E-state index in [0.717, 1.165) is 10.9 Å². The Hall–Kier alpha value is -1.01. The van der Waals surface area contributed by atoms with E-state index in [2.05, 4.69) is 4.98 Å². The third-order valence-corrected chi connectivity index (χ3v) is 3.41. The van der Waals surface area contributed by atoms with Gasteiger partial charge in [-0.15, -0.1) is 0 Å². The Morgan fingerprint density at radius 2 is 2.29 bits per heavy atom. The maximum atomic E-state index is 10.5. The van der Waals surface area contributed by atoms with Gasteiger partial charge in [-0.3, -0.25) is 4.79 Å². The third-order valence-electron chi connectivity index (χ3n) is 2.43. The van der Waals surface area contributed by atoms with Gasteiger partial charge in [-0.2, -0.15) is 0 Å². The van der Waals surface area contributed by atoms with Gasteiger partial charge in [0.25, 0.3) is 0 Å². The van der Waals surface area contributed by atoms with Gasteiger partial charge in [-0.05, 0) is 20.8 Å². The normalized spacial score (nSPS) is 11.8. The van der Waals surface area contributed by atoms with Crippen LogP contribution in [0.25, 0.3) is 0 Å². The summed E-state index contributed by atoms with van der Waals surface area (Å²) < 4.78 is 7.36. The average molecular weight is 258 g/mol. The van der Waals surface area contributed by atoms with Crippen LogP contribution in [0.3, 0.4) is 0 Å². The fourth-order valence-electron chi connectivity index (χ4n) is 1.32. The molecule has 0 unspecified atom stereocenters. The zero-order chi connectivity index (χ0) is 13.1. The number of aryl methyl sites for hydroxylation is 1. The molecule has 1 N–H and O–H groups in total. The summed E-state index contributed by atoms with van der Waals surface area (Å²) in [6.45, 7) is 6.57. The number of aliphatic carboxylic acids is 1. The van der Waals surface area contributed by atoms with Crippen LogP contribution in [0, 0.1) is 6.92 Å². The van der Waals surface area contributed by atoms with Crippen molar-refractivity contribution in [1.29, 1.82) is 0 Å². The molecular weight excluding hydrogens is 240 g/mol. The summed E-state index contributed by atoms with van der Waals surface area (Å²) in [5.41, 5.74) is 0.701. The Balaban J connectivity index is 2.83. The largest absolute Gasteiger partial charge is 0.481 e. The minimum Gasteiger partial charge on any atom is -0.481 e. The van der Waals surface area contributed by atoms with E-state index >= 15 is 0 Å². The van der Waals surface area contributed by atoms with Crippen LogP contribution in [0.4, 0.5) is 0 Å². The SMILES string of the molecule is COC(C)(C)Cn1c(C)cnc1SCC(=O)O. The molecular formula is C11H18N2O3S. The first-order chi connectivity index (χ1) is 7.85. The van der Waals surface area contributed by atoms with Crippen molar-refractivity contribution in [3.8, 4) is 0 Å². The van der Waals surface area contributed by atoms with Crippen molar-refractivity contribution in [2.45, 2.75) is 38.1 Å². The molecule has 17 heavy (non-hydrogen) atoms. The van der Waals surface area contributed by atoms with Gasteiger partial charge in [-0.1, -0.05) is 11.8 Å². The molecule has 0 saturated carbocycles. The predicted octanol–water partition coefficient (Wildman–Crippen LogP) is 1.79. The van der Waals surface area contributed by atoms with E-state index in [1.54, 1.807) is 13.3 Å². The molecule has 1 aromatic heterocycles. The molecule has 6 heteroatoms. The van der Waals surface area contributed by atoms with E-state index in [4.69, 9.17) is 9.84 Å². The Bertz CT molecular complexity index is 401. The van der Waals surface area contributed by atoms with Crippen LogP contribution in [0.1, 0.15) is 19.5 Å². The molecule has 0 fully saturated rings. The van der Waals surface area contributed by atoms with Crippen LogP contribution in [-0.2, 0) is 16.1 Å². The Kier molecular flexibility index (Phi) is 4.59. The van der Waals surface area contributed by atoms with Crippen molar-refractivity contribution in [3.63, 3.8) is 0 Å². The molecule has 0 aliphatic carbocycles. The number of ether oxygens (including phenoxy) is 1. The van der Waals surface area contributed by atoms with Crippen LogP contribution >= 0.6 is 11.8 Å². The second-order valence-corrected chi connectivity index (χ2v) is 5.36. The van der Waals surface area contributed by atoms with Crippen molar-refractivity contribution in [2.75, 3.05) is 12.9 Å². The Labute approximate surface area is 105 Å². The Morgan fingerprint density at radius 1 is 1.65 bits per heavy atom. The molecule has 0 aliphatic rings. The molecule has 1 aromatic rings. The van der Waals surface area contributed by atoms with E-state index in [-0.39, 0.29) is 11.4 Å². The summed E-state index contributed by atoms with van der Waals surface area (Å²) >= 11 is 1.22. The van der Waals surface area contributed by atoms with Crippen molar-refractivity contribution in [1.82, 2.24) is 9.55 Å². The highest BCUT2D eigenvalue weighted by Crippen LogP contribution is 2.21. The fourth-order valence-corrected chi connectivity index (χ4v) is 2.06. The first kappa shape index (κ1) is 14.1. The minimum atomic E-state index is -0.840. The standard InChI is InChI=1S/C11H18N2O3S/c1-8-5-12-10(17-6-9(14)15)13(8)7-11(2,3)16-4/h5H,6-7H2,1-4H3,(H,14,15). The average Bonchev–Trinajstić information content (AvgIpc) is 2.57. The molecule has 0 amide bonds. The van der Waals surface area contributed by atoms with E-state index < -0.39 is 5.97 Å². The van der Waals surface area contributed by atoms with E-state index in [1.807, 2.05) is 25.3 Å². The van der Waals surface area contributed by atoms with Gasteiger partial charge in [0.05, 0.1) is 17.9 Å². The number of carboxylic acid groups (broad SMARTS) is 1. The lowest BCUT2D eigenvalue weighted by Crippen LogP contribution is -2.29. The fraction of sp³-hybridized carbons (Fsp3) is 0.636. The summed E-state index contributed by atoms with van der Waals surface area (Å²) in [6.07, 6.45) is 1.75. The van der Waals surface area contributed by atoms with Gasteiger partial charge >= 0.3 is 5.97 Å². The first-order valence-corrected chi connectivity index (χ1v) is 6.26. The van der Waals surface area contributed by atoms with Gasteiger partial charge in [0.15, 0.2) is 5.16 Å². The van der Waals surface area contributed by atoms with Crippen molar-refractivity contribution in [3.05, 3.63) is 11.9 Å². The molecule has 0 spiro atoms. The van der Waals surface area contributed by atoms with Crippen LogP contribution < -0.4 is 0 Å². The molecule has 0 bridgehead atoms. The second kappa shape index (κ2) is 5.55. The number of methoxy groups -OCH3 is 1. The summed E-state index contributed by atoms with van der Waals surface area (Å²) in [4.78, 5) is 14.8. The zero-order valence-corrected chi connectivity index (χ0v) is 11.4. The molecule has 0 aromatic carbocycles. The summed E-state index contributed by atoms with van der Waals surface area (Å²) in [7, 11) is 1.66. The predicted molar refractivity (Wildman–Crippen MR) is 66.4 cm³/mol. The van der Waals surface area contributed by atoms with Crippen LogP contribution in [0.5, 0.6) is 0 Å². The minimum absolute atomic E-state index is 0.0177. The highest BCUT2D eigenvalue weighted by molar-refractivity contribution is 7.99. The maximum Gasteiger partial charge on any atom is 0.313 e. The number of carboxylic acids is 1. The number of hydrogen-bond acceptors (Lipinski definition) is 4. The quantitative estimate of drug-likeness (QED) is 0.788. The molecule has 1 heterocycles. The number of aromatic nitrogens is 2. The van der Waals surface area contributed by atoms with E-state index in [9.17, 15) is 4.79 Å².